The smallest absolute Gasteiger partial charge is 0.227 e. The third-order valence-electron chi connectivity index (χ3n) is 1.57. The second-order valence-corrected chi connectivity index (χ2v) is 5.49. The van der Waals surface area contributed by atoms with Crippen molar-refractivity contribution >= 4 is 19.8 Å². The molecule has 0 bridgehead atoms. The molecule has 0 unspecified atom stereocenters. The largest absolute Gasteiger partial charge is 0.343 e. The zero-order valence-corrected chi connectivity index (χ0v) is 10.7. The lowest BCUT2D eigenvalue weighted by Crippen LogP contribution is -2.23. The Balaban J connectivity index is 0. The van der Waals surface area contributed by atoms with Gasteiger partial charge in [-0.15, -0.1) is 12.4 Å². The van der Waals surface area contributed by atoms with Crippen molar-refractivity contribution in [3.63, 3.8) is 0 Å². The highest BCUT2D eigenvalue weighted by Gasteiger charge is 2.15. The summed E-state index contributed by atoms with van der Waals surface area (Å²) in [5.41, 5.74) is 0. The summed E-state index contributed by atoms with van der Waals surface area (Å²) in [6.07, 6.45) is 2.42. The van der Waals surface area contributed by atoms with Crippen molar-refractivity contribution in [2.45, 2.75) is 26.7 Å². The van der Waals surface area contributed by atoms with Gasteiger partial charge < -0.3 is 15.5 Å². The van der Waals surface area contributed by atoms with Gasteiger partial charge in [-0.05, 0) is 25.9 Å². The minimum Gasteiger partial charge on any atom is -0.343 e. The highest BCUT2D eigenvalue weighted by atomic mass is 35.5. The van der Waals surface area contributed by atoms with E-state index in [9.17, 15) is 9.46 Å². The predicted molar refractivity (Wildman–Crippen MR) is 63.4 cm³/mol. The molecule has 0 aromatic heterocycles. The Morgan fingerprint density at radius 2 is 1.43 bits per heavy atom. The van der Waals surface area contributed by atoms with Gasteiger partial charge in [0.15, 0.2) is 0 Å². The van der Waals surface area contributed by atoms with Crippen LogP contribution in [0.5, 0.6) is 0 Å². The number of halogens is 1. The van der Waals surface area contributed by atoms with Crippen molar-refractivity contribution in [2.24, 2.45) is 0 Å². The maximum absolute atomic E-state index is 11.4. The van der Waals surface area contributed by atoms with Crippen LogP contribution in [0.15, 0.2) is 0 Å². The molecule has 0 saturated heterocycles. The van der Waals surface area contributed by atoms with Gasteiger partial charge in [-0.25, -0.2) is 0 Å². The monoisotopic (exact) mass is 244 g/mol. The third-order valence-corrected chi connectivity index (χ3v) is 3.01. The van der Waals surface area contributed by atoms with Crippen LogP contribution in [0.3, 0.4) is 0 Å². The molecule has 6 heteroatoms. The zero-order chi connectivity index (χ0) is 10.2. The molecule has 0 aromatic rings. The summed E-state index contributed by atoms with van der Waals surface area (Å²) in [5, 5.41) is 5.90. The normalized spacial score (nSPS) is 11.1. The molecule has 14 heavy (non-hydrogen) atoms. The van der Waals surface area contributed by atoms with E-state index in [1.165, 1.54) is 0 Å². The van der Waals surface area contributed by atoms with Crippen LogP contribution in [0, 0.1) is 0 Å². The zero-order valence-electron chi connectivity index (χ0n) is 8.95. The summed E-state index contributed by atoms with van der Waals surface area (Å²) < 4.78 is 11.4. The van der Waals surface area contributed by atoms with Gasteiger partial charge in [-0.1, -0.05) is 13.8 Å². The van der Waals surface area contributed by atoms with Crippen LogP contribution < -0.4 is 10.6 Å². The Kier molecular flexibility index (Phi) is 11.9. The van der Waals surface area contributed by atoms with Gasteiger partial charge >= 0.3 is 0 Å². The molecule has 0 fully saturated rings. The topological polar surface area (TPSA) is 61.4 Å². The van der Waals surface area contributed by atoms with Gasteiger partial charge in [0.1, 0.15) is 0 Å². The number of hydrogen-bond acceptors (Lipinski definition) is 3. The fourth-order valence-corrected chi connectivity index (χ4v) is 2.04. The molecule has 0 rings (SSSR count). The van der Waals surface area contributed by atoms with E-state index >= 15 is 0 Å². The molecule has 0 radical (unpaired) electrons. The lowest BCUT2D eigenvalue weighted by Gasteiger charge is -2.12. The van der Waals surface area contributed by atoms with Crippen molar-refractivity contribution in [3.8, 4) is 0 Å². The van der Waals surface area contributed by atoms with E-state index in [0.29, 0.717) is 0 Å². The van der Waals surface area contributed by atoms with Crippen LogP contribution in [-0.2, 0) is 4.57 Å². The number of rotatable bonds is 8. The van der Waals surface area contributed by atoms with Crippen molar-refractivity contribution in [1.29, 1.82) is 0 Å². The van der Waals surface area contributed by atoms with Crippen LogP contribution in [0.4, 0.5) is 0 Å². The minimum atomic E-state index is -2.97. The molecule has 0 aliphatic rings. The quantitative estimate of drug-likeness (QED) is 0.448. The van der Waals surface area contributed by atoms with Gasteiger partial charge in [0.25, 0.3) is 0 Å². The summed E-state index contributed by atoms with van der Waals surface area (Å²) >= 11 is 0. The summed E-state index contributed by atoms with van der Waals surface area (Å²) in [6, 6.07) is 0. The first-order valence-electron chi connectivity index (χ1n) is 4.84. The maximum atomic E-state index is 11.4. The Hall–Kier alpha value is 0.400. The maximum Gasteiger partial charge on any atom is 0.227 e. The van der Waals surface area contributed by atoms with E-state index in [2.05, 4.69) is 10.6 Å². The minimum absolute atomic E-state index is 0. The molecule has 0 amide bonds. The Morgan fingerprint density at radius 1 is 1.07 bits per heavy atom. The predicted octanol–water partition coefficient (Wildman–Crippen LogP) is 1.59. The number of nitrogens with one attached hydrogen (secondary N) is 2. The average molecular weight is 245 g/mol. The van der Waals surface area contributed by atoms with Crippen LogP contribution >= 0.6 is 19.8 Å². The Morgan fingerprint density at radius 3 is 1.71 bits per heavy atom. The highest BCUT2D eigenvalue weighted by molar-refractivity contribution is 7.57. The second kappa shape index (κ2) is 9.94. The van der Waals surface area contributed by atoms with E-state index in [-0.39, 0.29) is 25.0 Å². The fraction of sp³-hybridized carbons (Fsp3) is 1.00. The highest BCUT2D eigenvalue weighted by Crippen LogP contribution is 2.36. The first-order valence-corrected chi connectivity index (χ1v) is 6.87. The molecule has 0 atom stereocenters. The van der Waals surface area contributed by atoms with Gasteiger partial charge in [-0.2, -0.15) is 0 Å². The molecule has 4 nitrogen and oxygen atoms in total. The van der Waals surface area contributed by atoms with Crippen molar-refractivity contribution in [1.82, 2.24) is 10.6 Å². The van der Waals surface area contributed by atoms with Crippen LogP contribution in [0.25, 0.3) is 0 Å². The van der Waals surface area contributed by atoms with Gasteiger partial charge in [0, 0.05) is 0 Å². The van der Waals surface area contributed by atoms with E-state index in [1.54, 1.807) is 0 Å². The van der Waals surface area contributed by atoms with Gasteiger partial charge in [-0.3, -0.25) is 4.57 Å². The van der Waals surface area contributed by atoms with Gasteiger partial charge in [0.2, 0.25) is 7.37 Å². The molecule has 0 aliphatic heterocycles. The molecule has 0 saturated carbocycles. The molecular weight excluding hydrogens is 223 g/mol. The van der Waals surface area contributed by atoms with E-state index in [4.69, 9.17) is 0 Å². The summed E-state index contributed by atoms with van der Waals surface area (Å²) in [6.45, 7) is 5.67. The summed E-state index contributed by atoms with van der Waals surface area (Å²) in [5.74, 6) is 0. The van der Waals surface area contributed by atoms with Crippen molar-refractivity contribution in [3.05, 3.63) is 0 Å². The standard InChI is InChI=1S/C8H21N2O2P.ClH/c1-3-5-9-7-13(11,12)8-10-6-4-2;/h9-10H,3-8H2,1-2H3,(H,11,12);1H. The Bertz CT molecular complexity index is 155. The Labute approximate surface area is 92.7 Å². The van der Waals surface area contributed by atoms with Crippen LogP contribution in [0.1, 0.15) is 26.7 Å². The molecule has 0 aromatic carbocycles. The number of hydrogen-bond donors (Lipinski definition) is 3. The van der Waals surface area contributed by atoms with Crippen molar-refractivity contribution < 1.29 is 9.46 Å². The van der Waals surface area contributed by atoms with E-state index < -0.39 is 7.37 Å². The fourth-order valence-electron chi connectivity index (χ4n) is 0.917. The van der Waals surface area contributed by atoms with E-state index in [0.717, 1.165) is 25.9 Å². The lowest BCUT2D eigenvalue weighted by atomic mass is 10.5. The van der Waals surface area contributed by atoms with Crippen LogP contribution in [-0.4, -0.2) is 30.6 Å². The average Bonchev–Trinajstić information content (AvgIpc) is 2.05. The molecular formula is C8H22ClN2O2P. The van der Waals surface area contributed by atoms with Crippen molar-refractivity contribution in [2.75, 3.05) is 25.7 Å². The molecule has 3 N–H and O–H groups in total. The van der Waals surface area contributed by atoms with Crippen LogP contribution in [0.2, 0.25) is 0 Å². The SMILES string of the molecule is CCCNCP(=O)(O)CNCCC.Cl. The van der Waals surface area contributed by atoms with E-state index in [1.807, 2.05) is 13.8 Å². The molecule has 0 spiro atoms. The third kappa shape index (κ3) is 10.5. The summed E-state index contributed by atoms with van der Waals surface area (Å²) in [7, 11) is -2.97. The molecule has 88 valence electrons. The molecule has 0 heterocycles. The second-order valence-electron chi connectivity index (χ2n) is 3.16. The van der Waals surface area contributed by atoms with Gasteiger partial charge in [0.05, 0.1) is 12.6 Å². The molecule has 0 aliphatic carbocycles. The first kappa shape index (κ1) is 16.8. The summed E-state index contributed by atoms with van der Waals surface area (Å²) in [4.78, 5) is 9.40. The lowest BCUT2D eigenvalue weighted by molar-refractivity contribution is 0.464. The first-order chi connectivity index (χ1) is 6.12.